The van der Waals surface area contributed by atoms with Crippen molar-refractivity contribution in [3.8, 4) is 0 Å². The fourth-order valence-electron chi connectivity index (χ4n) is 2.03. The number of aliphatic hydroxyl groups excluding tert-OH is 1. The van der Waals surface area contributed by atoms with Gasteiger partial charge in [-0.05, 0) is 25.0 Å². The summed E-state index contributed by atoms with van der Waals surface area (Å²) in [6.07, 6.45) is 0.506. The fourth-order valence-corrected chi connectivity index (χ4v) is 2.18. The molecule has 0 aliphatic carbocycles. The molecule has 1 fully saturated rings. The Balaban J connectivity index is 2.23. The van der Waals surface area contributed by atoms with Crippen LogP contribution in [0, 0.1) is 17.6 Å². The van der Waals surface area contributed by atoms with Crippen LogP contribution in [-0.4, -0.2) is 18.3 Å². The van der Waals surface area contributed by atoms with Gasteiger partial charge < -0.3 is 9.84 Å². The molecule has 0 radical (unpaired) electrons. The normalized spacial score (nSPS) is 22.5. The van der Waals surface area contributed by atoms with Gasteiger partial charge in [-0.15, -0.1) is 0 Å². The molecule has 1 N–H and O–H groups in total. The quantitative estimate of drug-likeness (QED) is 0.830. The molecule has 0 saturated carbocycles. The average molecular weight is 263 g/mol. The predicted octanol–water partition coefficient (Wildman–Crippen LogP) is 3.08. The van der Waals surface area contributed by atoms with Crippen LogP contribution in [0.4, 0.5) is 8.78 Å². The van der Waals surface area contributed by atoms with Crippen LogP contribution in [0.2, 0.25) is 5.02 Å². The van der Waals surface area contributed by atoms with Crippen LogP contribution in [0.3, 0.4) is 0 Å². The summed E-state index contributed by atoms with van der Waals surface area (Å²) in [5.74, 6) is -1.60. The summed E-state index contributed by atoms with van der Waals surface area (Å²) in [4.78, 5) is 0. The van der Waals surface area contributed by atoms with E-state index >= 15 is 0 Å². The van der Waals surface area contributed by atoms with Crippen molar-refractivity contribution in [2.24, 2.45) is 5.92 Å². The molecule has 0 amide bonds. The van der Waals surface area contributed by atoms with Crippen molar-refractivity contribution in [2.45, 2.75) is 18.9 Å². The van der Waals surface area contributed by atoms with E-state index in [1.54, 1.807) is 0 Å². The average Bonchev–Trinajstić information content (AvgIpc) is 2.34. The number of aliphatic hydroxyl groups is 1. The Morgan fingerprint density at radius 2 is 2.12 bits per heavy atom. The maximum atomic E-state index is 13.6. The number of hydrogen-bond donors (Lipinski definition) is 1. The molecule has 2 atom stereocenters. The van der Waals surface area contributed by atoms with E-state index in [0.717, 1.165) is 25.0 Å². The second-order valence-electron chi connectivity index (χ2n) is 4.21. The highest BCUT2D eigenvalue weighted by Gasteiger charge is 2.26. The predicted molar refractivity (Wildman–Crippen MR) is 59.9 cm³/mol. The van der Waals surface area contributed by atoms with E-state index in [1.165, 1.54) is 0 Å². The van der Waals surface area contributed by atoms with Crippen molar-refractivity contribution in [1.82, 2.24) is 0 Å². The van der Waals surface area contributed by atoms with Crippen molar-refractivity contribution in [1.29, 1.82) is 0 Å². The zero-order valence-electron chi connectivity index (χ0n) is 9.13. The van der Waals surface area contributed by atoms with Crippen LogP contribution in [0.1, 0.15) is 24.5 Å². The van der Waals surface area contributed by atoms with Gasteiger partial charge in [0.25, 0.3) is 0 Å². The third-order valence-electron chi connectivity index (χ3n) is 3.00. The van der Waals surface area contributed by atoms with Crippen molar-refractivity contribution in [3.05, 3.63) is 34.4 Å². The van der Waals surface area contributed by atoms with Crippen LogP contribution in [0.5, 0.6) is 0 Å². The Morgan fingerprint density at radius 1 is 1.35 bits per heavy atom. The van der Waals surface area contributed by atoms with Gasteiger partial charge in [-0.2, -0.15) is 0 Å². The molecule has 1 aromatic rings. The van der Waals surface area contributed by atoms with Gasteiger partial charge in [-0.25, -0.2) is 8.78 Å². The molecule has 0 spiro atoms. The first kappa shape index (κ1) is 12.7. The third kappa shape index (κ3) is 2.76. The zero-order valence-corrected chi connectivity index (χ0v) is 9.88. The number of ether oxygens (including phenoxy) is 1. The topological polar surface area (TPSA) is 29.5 Å². The molecule has 17 heavy (non-hydrogen) atoms. The molecule has 5 heteroatoms. The van der Waals surface area contributed by atoms with E-state index in [4.69, 9.17) is 16.3 Å². The lowest BCUT2D eigenvalue weighted by atomic mass is 9.91. The minimum absolute atomic E-state index is 0.0533. The lowest BCUT2D eigenvalue weighted by molar-refractivity contribution is -0.0113. The Labute approximate surface area is 103 Å². The van der Waals surface area contributed by atoms with E-state index in [9.17, 15) is 13.9 Å². The summed E-state index contributed by atoms with van der Waals surface area (Å²) >= 11 is 5.46. The molecule has 2 nitrogen and oxygen atoms in total. The minimum Gasteiger partial charge on any atom is -0.388 e. The molecule has 1 heterocycles. The van der Waals surface area contributed by atoms with E-state index in [1.807, 2.05) is 0 Å². The molecule has 0 aromatic heterocycles. The van der Waals surface area contributed by atoms with Crippen molar-refractivity contribution in [2.75, 3.05) is 13.2 Å². The molecular weight excluding hydrogens is 250 g/mol. The second-order valence-corrected chi connectivity index (χ2v) is 4.62. The second kappa shape index (κ2) is 5.29. The van der Waals surface area contributed by atoms with Gasteiger partial charge in [-0.1, -0.05) is 11.6 Å². The summed E-state index contributed by atoms with van der Waals surface area (Å²) < 4.78 is 32.0. The Bertz CT molecular complexity index is 406. The van der Waals surface area contributed by atoms with Gasteiger partial charge in [0, 0.05) is 18.1 Å². The molecule has 1 aliphatic rings. The van der Waals surface area contributed by atoms with Crippen LogP contribution in [-0.2, 0) is 4.74 Å². The van der Waals surface area contributed by atoms with Gasteiger partial charge in [0.1, 0.15) is 11.6 Å². The summed E-state index contributed by atoms with van der Waals surface area (Å²) in [6, 6.07) is 1.84. The van der Waals surface area contributed by atoms with Crippen LogP contribution in [0.15, 0.2) is 12.1 Å². The Morgan fingerprint density at radius 3 is 2.76 bits per heavy atom. The Hall–Kier alpha value is -0.710. The first-order valence-corrected chi connectivity index (χ1v) is 5.87. The molecule has 94 valence electrons. The number of hydrogen-bond acceptors (Lipinski definition) is 2. The summed E-state index contributed by atoms with van der Waals surface area (Å²) in [5, 5.41) is 9.73. The van der Waals surface area contributed by atoms with Crippen molar-refractivity contribution in [3.63, 3.8) is 0 Å². The summed E-state index contributed by atoms with van der Waals surface area (Å²) in [5.41, 5.74) is -0.0533. The highest BCUT2D eigenvalue weighted by atomic mass is 35.5. The van der Waals surface area contributed by atoms with Gasteiger partial charge in [0.15, 0.2) is 0 Å². The molecule has 1 aliphatic heterocycles. The molecular formula is C12H13ClF2O2. The number of benzene rings is 1. The molecule has 2 rings (SSSR count). The third-order valence-corrected chi connectivity index (χ3v) is 3.29. The van der Waals surface area contributed by atoms with E-state index in [-0.39, 0.29) is 16.5 Å². The van der Waals surface area contributed by atoms with Gasteiger partial charge in [0.2, 0.25) is 0 Å². The zero-order chi connectivity index (χ0) is 12.4. The van der Waals surface area contributed by atoms with Crippen LogP contribution in [0.25, 0.3) is 0 Å². The smallest absolute Gasteiger partial charge is 0.142 e. The first-order valence-electron chi connectivity index (χ1n) is 5.50. The fraction of sp³-hybridized carbons (Fsp3) is 0.500. The molecule has 1 aromatic carbocycles. The highest BCUT2D eigenvalue weighted by Crippen LogP contribution is 2.32. The maximum Gasteiger partial charge on any atom is 0.142 e. The lowest BCUT2D eigenvalue weighted by Gasteiger charge is -2.27. The SMILES string of the molecule is OC(c1cc(F)c(Cl)cc1F)C1CCCOC1. The molecule has 0 bridgehead atoms. The largest absolute Gasteiger partial charge is 0.388 e. The summed E-state index contributed by atoms with van der Waals surface area (Å²) in [7, 11) is 0. The monoisotopic (exact) mass is 262 g/mol. The van der Waals surface area contributed by atoms with Gasteiger partial charge in [0.05, 0.1) is 17.7 Å². The minimum atomic E-state index is -1.05. The van der Waals surface area contributed by atoms with Gasteiger partial charge in [-0.3, -0.25) is 0 Å². The number of rotatable bonds is 2. The highest BCUT2D eigenvalue weighted by molar-refractivity contribution is 6.30. The number of halogens is 3. The maximum absolute atomic E-state index is 13.6. The van der Waals surface area contributed by atoms with E-state index in [0.29, 0.717) is 13.2 Å². The van der Waals surface area contributed by atoms with E-state index < -0.39 is 17.7 Å². The van der Waals surface area contributed by atoms with E-state index in [2.05, 4.69) is 0 Å². The molecule has 2 unspecified atom stereocenters. The molecule has 1 saturated heterocycles. The Kier molecular flexibility index (Phi) is 3.97. The standard InChI is InChI=1S/C12H13ClF2O2/c13-9-5-10(14)8(4-11(9)15)12(16)7-2-1-3-17-6-7/h4-5,7,12,16H,1-3,6H2. The first-order chi connectivity index (χ1) is 8.09. The van der Waals surface area contributed by atoms with Crippen molar-refractivity contribution < 1.29 is 18.6 Å². The van der Waals surface area contributed by atoms with Crippen molar-refractivity contribution >= 4 is 11.6 Å². The lowest BCUT2D eigenvalue weighted by Crippen LogP contribution is -2.24. The van der Waals surface area contributed by atoms with Crippen LogP contribution >= 0.6 is 11.6 Å². The van der Waals surface area contributed by atoms with Gasteiger partial charge >= 0.3 is 0 Å². The summed E-state index contributed by atoms with van der Waals surface area (Å²) in [6.45, 7) is 1.02. The van der Waals surface area contributed by atoms with Crippen LogP contribution < -0.4 is 0 Å².